The summed E-state index contributed by atoms with van der Waals surface area (Å²) in [6, 6.07) is 12.4. The van der Waals surface area contributed by atoms with Crippen molar-refractivity contribution in [1.82, 2.24) is 14.7 Å². The van der Waals surface area contributed by atoms with Crippen LogP contribution in [0.5, 0.6) is 0 Å². The third-order valence-corrected chi connectivity index (χ3v) is 5.84. The van der Waals surface area contributed by atoms with Crippen LogP contribution < -0.4 is 11.5 Å². The number of hydrogen-bond donors (Lipinski definition) is 2. The first-order valence-electron chi connectivity index (χ1n) is 10.4. The van der Waals surface area contributed by atoms with E-state index in [2.05, 4.69) is 25.9 Å². The maximum atomic E-state index is 13.9. The average molecular weight is 436 g/mol. The van der Waals surface area contributed by atoms with Crippen molar-refractivity contribution < 1.29 is 14.0 Å². The van der Waals surface area contributed by atoms with Crippen molar-refractivity contribution in [3.8, 4) is 11.3 Å². The lowest BCUT2D eigenvalue weighted by molar-refractivity contribution is 0.0995. The molecule has 8 heteroatoms. The van der Waals surface area contributed by atoms with E-state index < -0.39 is 23.8 Å². The van der Waals surface area contributed by atoms with Gasteiger partial charge in [-0.2, -0.15) is 5.10 Å². The summed E-state index contributed by atoms with van der Waals surface area (Å²) in [5, 5.41) is 4.58. The van der Waals surface area contributed by atoms with Gasteiger partial charge in [0.2, 0.25) is 0 Å². The molecular formula is C24H26FN5O2. The molecule has 0 fully saturated rings. The Hall–Kier alpha value is -3.68. The zero-order valence-corrected chi connectivity index (χ0v) is 18.3. The van der Waals surface area contributed by atoms with Gasteiger partial charge in [0.1, 0.15) is 17.6 Å². The van der Waals surface area contributed by atoms with Crippen LogP contribution in [0.15, 0.2) is 48.5 Å². The van der Waals surface area contributed by atoms with E-state index >= 15 is 0 Å². The smallest absolute Gasteiger partial charge is 0.315 e. The number of carbonyl (C=O) groups excluding carboxylic acids is 2. The Morgan fingerprint density at radius 2 is 1.75 bits per heavy atom. The molecule has 166 valence electrons. The molecule has 1 unspecified atom stereocenters. The van der Waals surface area contributed by atoms with E-state index in [1.807, 2.05) is 24.3 Å². The number of aromatic nitrogens is 2. The number of rotatable bonds is 3. The number of urea groups is 1. The normalized spacial score (nSPS) is 16.0. The third kappa shape index (κ3) is 3.72. The minimum absolute atomic E-state index is 0.0425. The van der Waals surface area contributed by atoms with Gasteiger partial charge < -0.3 is 16.4 Å². The minimum atomic E-state index is -0.701. The van der Waals surface area contributed by atoms with Gasteiger partial charge in [0.25, 0.3) is 5.91 Å². The van der Waals surface area contributed by atoms with Crippen LogP contribution in [-0.2, 0) is 12.0 Å². The average Bonchev–Trinajstić information content (AvgIpc) is 3.12. The lowest BCUT2D eigenvalue weighted by Crippen LogP contribution is -2.46. The van der Waals surface area contributed by atoms with Crippen molar-refractivity contribution in [2.45, 2.75) is 38.8 Å². The van der Waals surface area contributed by atoms with Crippen molar-refractivity contribution in [2.75, 3.05) is 6.54 Å². The minimum Gasteiger partial charge on any atom is -0.365 e. The second kappa shape index (κ2) is 7.78. The highest BCUT2D eigenvalue weighted by Crippen LogP contribution is 2.38. The van der Waals surface area contributed by atoms with E-state index in [4.69, 9.17) is 11.5 Å². The largest absolute Gasteiger partial charge is 0.365 e. The van der Waals surface area contributed by atoms with E-state index in [-0.39, 0.29) is 16.7 Å². The molecule has 0 saturated carbocycles. The number of benzene rings is 2. The maximum absolute atomic E-state index is 13.9. The van der Waals surface area contributed by atoms with Crippen LogP contribution in [0.25, 0.3) is 11.3 Å². The summed E-state index contributed by atoms with van der Waals surface area (Å²) in [7, 11) is 0. The summed E-state index contributed by atoms with van der Waals surface area (Å²) < 4.78 is 15.6. The molecule has 32 heavy (non-hydrogen) atoms. The van der Waals surface area contributed by atoms with Crippen molar-refractivity contribution >= 4 is 11.9 Å². The molecule has 3 amide bonds. The van der Waals surface area contributed by atoms with Crippen LogP contribution in [0.1, 0.15) is 54.0 Å². The number of primary amides is 2. The fourth-order valence-electron chi connectivity index (χ4n) is 4.22. The molecule has 1 aliphatic heterocycles. The first-order valence-corrected chi connectivity index (χ1v) is 10.4. The zero-order valence-electron chi connectivity index (χ0n) is 18.3. The molecule has 7 nitrogen and oxygen atoms in total. The number of carbonyl (C=O) groups is 2. The summed E-state index contributed by atoms with van der Waals surface area (Å²) >= 11 is 0. The molecule has 1 atom stereocenters. The number of nitrogens with two attached hydrogens (primary N) is 2. The molecule has 1 aliphatic rings. The molecule has 0 aliphatic carbocycles. The van der Waals surface area contributed by atoms with Crippen molar-refractivity contribution in [2.24, 2.45) is 11.5 Å². The third-order valence-electron chi connectivity index (χ3n) is 5.84. The highest BCUT2D eigenvalue weighted by atomic mass is 19.1. The standard InChI is InChI=1S/C24H26FN5O2/c1-24(2,3)16-9-7-14(8-10-16)20-21-18(22(26)31)19(15-5-4-6-17(25)13-15)28-30(21)12-11-29(20)23(27)32/h4-10,13,20H,11-12H2,1-3H3,(H2,26,31)(H2,27,32). The summed E-state index contributed by atoms with van der Waals surface area (Å²) in [5.41, 5.74) is 14.7. The van der Waals surface area contributed by atoms with E-state index in [1.54, 1.807) is 16.8 Å². The summed E-state index contributed by atoms with van der Waals surface area (Å²) in [5.74, 6) is -1.15. The number of hydrogen-bond acceptors (Lipinski definition) is 3. The first-order chi connectivity index (χ1) is 15.1. The molecule has 1 aromatic heterocycles. The quantitative estimate of drug-likeness (QED) is 0.657. The molecule has 0 spiro atoms. The van der Waals surface area contributed by atoms with Crippen LogP contribution in [0.3, 0.4) is 0 Å². The SMILES string of the molecule is CC(C)(C)c1ccc(C2c3c(C(N)=O)c(-c4cccc(F)c4)nn3CCN2C(N)=O)cc1. The summed E-state index contributed by atoms with van der Waals surface area (Å²) in [6.07, 6.45) is 0. The van der Waals surface area contributed by atoms with Crippen LogP contribution in [0, 0.1) is 5.82 Å². The van der Waals surface area contributed by atoms with E-state index in [9.17, 15) is 14.0 Å². The van der Waals surface area contributed by atoms with Gasteiger partial charge in [-0.25, -0.2) is 9.18 Å². The lowest BCUT2D eigenvalue weighted by Gasteiger charge is -2.36. The number of nitrogens with zero attached hydrogens (tertiary/aromatic N) is 3. The monoisotopic (exact) mass is 435 g/mol. The summed E-state index contributed by atoms with van der Waals surface area (Å²) in [4.78, 5) is 26.4. The molecule has 2 heterocycles. The maximum Gasteiger partial charge on any atom is 0.315 e. The Kier molecular flexibility index (Phi) is 5.24. The molecule has 4 N–H and O–H groups in total. The van der Waals surface area contributed by atoms with Gasteiger partial charge in [0.05, 0.1) is 17.8 Å². The van der Waals surface area contributed by atoms with Gasteiger partial charge in [-0.15, -0.1) is 0 Å². The Labute approximate surface area is 185 Å². The van der Waals surface area contributed by atoms with Gasteiger partial charge in [-0.05, 0) is 28.7 Å². The molecular weight excluding hydrogens is 409 g/mol. The number of fused-ring (bicyclic) bond motifs is 1. The van der Waals surface area contributed by atoms with Gasteiger partial charge in [0, 0.05) is 12.1 Å². The topological polar surface area (TPSA) is 107 Å². The predicted octanol–water partition coefficient (Wildman–Crippen LogP) is 3.57. The molecule has 3 aromatic rings. The molecule has 0 bridgehead atoms. The fourth-order valence-corrected chi connectivity index (χ4v) is 4.22. The zero-order chi connectivity index (χ0) is 23.2. The van der Waals surface area contributed by atoms with Gasteiger partial charge in [-0.1, -0.05) is 57.2 Å². The lowest BCUT2D eigenvalue weighted by atomic mass is 9.85. The Morgan fingerprint density at radius 1 is 1.06 bits per heavy atom. The number of amides is 3. The van der Waals surface area contributed by atoms with Crippen molar-refractivity contribution in [3.05, 3.63) is 76.7 Å². The van der Waals surface area contributed by atoms with Crippen LogP contribution >= 0.6 is 0 Å². The predicted molar refractivity (Wildman–Crippen MR) is 119 cm³/mol. The van der Waals surface area contributed by atoms with E-state index in [0.717, 1.165) is 11.1 Å². The second-order valence-electron chi connectivity index (χ2n) is 9.01. The molecule has 2 aromatic carbocycles. The van der Waals surface area contributed by atoms with Crippen LogP contribution in [-0.4, -0.2) is 33.2 Å². The van der Waals surface area contributed by atoms with Crippen LogP contribution in [0.2, 0.25) is 0 Å². The Morgan fingerprint density at radius 3 is 2.31 bits per heavy atom. The highest BCUT2D eigenvalue weighted by Gasteiger charge is 2.38. The summed E-state index contributed by atoms with van der Waals surface area (Å²) in [6.45, 7) is 7.00. The van der Waals surface area contributed by atoms with E-state index in [1.165, 1.54) is 17.0 Å². The van der Waals surface area contributed by atoms with E-state index in [0.29, 0.717) is 24.3 Å². The molecule has 0 radical (unpaired) electrons. The van der Waals surface area contributed by atoms with Gasteiger partial charge >= 0.3 is 6.03 Å². The highest BCUT2D eigenvalue weighted by molar-refractivity contribution is 6.00. The van der Waals surface area contributed by atoms with Crippen molar-refractivity contribution in [3.63, 3.8) is 0 Å². The first kappa shape index (κ1) is 21.5. The van der Waals surface area contributed by atoms with Gasteiger partial charge in [-0.3, -0.25) is 9.48 Å². The number of halogens is 1. The Bertz CT molecular complexity index is 1190. The van der Waals surface area contributed by atoms with Gasteiger partial charge in [0.15, 0.2) is 0 Å². The fraction of sp³-hybridized carbons (Fsp3) is 0.292. The molecule has 4 rings (SSSR count). The second-order valence-corrected chi connectivity index (χ2v) is 9.01. The van der Waals surface area contributed by atoms with Crippen molar-refractivity contribution in [1.29, 1.82) is 0 Å². The Balaban J connectivity index is 1.93. The van der Waals surface area contributed by atoms with Crippen LogP contribution in [0.4, 0.5) is 9.18 Å². The molecule has 0 saturated heterocycles.